The monoisotopic (exact) mass is 223 g/mol. The van der Waals surface area contributed by atoms with E-state index in [2.05, 4.69) is 6.92 Å². The Morgan fingerprint density at radius 2 is 2.47 bits per heavy atom. The predicted octanol–water partition coefficient (Wildman–Crippen LogP) is 3.11. The van der Waals surface area contributed by atoms with Crippen molar-refractivity contribution < 1.29 is 9.90 Å². The van der Waals surface area contributed by atoms with Crippen LogP contribution in [0.5, 0.6) is 0 Å². The van der Waals surface area contributed by atoms with Crippen LogP contribution >= 0.6 is 11.3 Å². The fourth-order valence-electron chi connectivity index (χ4n) is 1.77. The lowest BCUT2D eigenvalue weighted by Gasteiger charge is -2.29. The van der Waals surface area contributed by atoms with Crippen molar-refractivity contribution in [2.75, 3.05) is 6.54 Å². The number of rotatable bonds is 1. The molecular formula is C11H13NO2S. The lowest BCUT2D eigenvalue weighted by Crippen LogP contribution is -2.34. The van der Waals surface area contributed by atoms with Crippen LogP contribution in [0.3, 0.4) is 0 Å². The predicted molar refractivity (Wildman–Crippen MR) is 60.8 cm³/mol. The highest BCUT2D eigenvalue weighted by Crippen LogP contribution is 2.28. The SMILES string of the molecule is CC1CC=C(c2ccsc2)N(C(=O)O)C1. The summed E-state index contributed by atoms with van der Waals surface area (Å²) in [7, 11) is 0. The van der Waals surface area contributed by atoms with Gasteiger partial charge in [-0.15, -0.1) is 0 Å². The normalized spacial score (nSPS) is 21.3. The van der Waals surface area contributed by atoms with E-state index in [9.17, 15) is 4.79 Å². The van der Waals surface area contributed by atoms with E-state index in [1.165, 1.54) is 4.90 Å². The summed E-state index contributed by atoms with van der Waals surface area (Å²) in [6, 6.07) is 1.96. The van der Waals surface area contributed by atoms with Crippen molar-refractivity contribution in [3.05, 3.63) is 28.5 Å². The molecule has 1 aliphatic heterocycles. The lowest BCUT2D eigenvalue weighted by atomic mass is 10.00. The summed E-state index contributed by atoms with van der Waals surface area (Å²) < 4.78 is 0. The molecule has 1 N–H and O–H groups in total. The molecule has 0 aliphatic carbocycles. The van der Waals surface area contributed by atoms with Crippen molar-refractivity contribution in [1.82, 2.24) is 4.90 Å². The molecule has 80 valence electrons. The number of thiophene rings is 1. The van der Waals surface area contributed by atoms with Gasteiger partial charge in [0.2, 0.25) is 0 Å². The number of hydrogen-bond acceptors (Lipinski definition) is 2. The van der Waals surface area contributed by atoms with Gasteiger partial charge in [-0.25, -0.2) is 4.79 Å². The molecule has 0 bridgehead atoms. The van der Waals surface area contributed by atoms with Crippen molar-refractivity contribution in [2.24, 2.45) is 5.92 Å². The van der Waals surface area contributed by atoms with Gasteiger partial charge in [-0.2, -0.15) is 11.3 Å². The zero-order valence-corrected chi connectivity index (χ0v) is 9.33. The van der Waals surface area contributed by atoms with E-state index in [1.54, 1.807) is 11.3 Å². The Bertz CT molecular complexity index is 383. The molecule has 1 aromatic rings. The van der Waals surface area contributed by atoms with Crippen LogP contribution < -0.4 is 0 Å². The molecule has 3 nitrogen and oxygen atoms in total. The largest absolute Gasteiger partial charge is 0.465 e. The lowest BCUT2D eigenvalue weighted by molar-refractivity contribution is 0.159. The first-order valence-corrected chi connectivity index (χ1v) is 5.86. The summed E-state index contributed by atoms with van der Waals surface area (Å²) in [4.78, 5) is 12.5. The molecule has 0 saturated carbocycles. The highest BCUT2D eigenvalue weighted by molar-refractivity contribution is 7.08. The molecule has 0 fully saturated rings. The number of nitrogens with zero attached hydrogens (tertiary/aromatic N) is 1. The second-order valence-electron chi connectivity index (χ2n) is 3.84. The zero-order chi connectivity index (χ0) is 10.8. The Labute approximate surface area is 92.6 Å². The molecular weight excluding hydrogens is 210 g/mol. The zero-order valence-electron chi connectivity index (χ0n) is 8.51. The van der Waals surface area contributed by atoms with Gasteiger partial charge in [0.25, 0.3) is 0 Å². The smallest absolute Gasteiger partial charge is 0.411 e. The summed E-state index contributed by atoms with van der Waals surface area (Å²) in [5.41, 5.74) is 1.84. The van der Waals surface area contributed by atoms with Crippen LogP contribution in [0.1, 0.15) is 18.9 Å². The van der Waals surface area contributed by atoms with Gasteiger partial charge in [0.1, 0.15) is 0 Å². The molecule has 15 heavy (non-hydrogen) atoms. The first-order valence-electron chi connectivity index (χ1n) is 4.91. The van der Waals surface area contributed by atoms with Gasteiger partial charge >= 0.3 is 6.09 Å². The van der Waals surface area contributed by atoms with E-state index in [0.29, 0.717) is 12.5 Å². The van der Waals surface area contributed by atoms with Crippen molar-refractivity contribution in [3.63, 3.8) is 0 Å². The Morgan fingerprint density at radius 1 is 1.67 bits per heavy atom. The fraction of sp³-hybridized carbons (Fsp3) is 0.364. The quantitative estimate of drug-likeness (QED) is 0.794. The van der Waals surface area contributed by atoms with E-state index in [-0.39, 0.29) is 0 Å². The van der Waals surface area contributed by atoms with Gasteiger partial charge in [0.15, 0.2) is 0 Å². The van der Waals surface area contributed by atoms with Crippen LogP contribution in [0.2, 0.25) is 0 Å². The van der Waals surface area contributed by atoms with Gasteiger partial charge in [-0.3, -0.25) is 4.90 Å². The molecule has 0 saturated heterocycles. The standard InChI is InChI=1S/C11H13NO2S/c1-8-2-3-10(9-4-5-15-7-9)12(6-8)11(13)14/h3-5,7-8H,2,6H2,1H3,(H,13,14). The molecule has 1 aliphatic rings. The van der Waals surface area contributed by atoms with E-state index in [1.807, 2.05) is 22.9 Å². The summed E-state index contributed by atoms with van der Waals surface area (Å²) in [6.45, 7) is 2.66. The van der Waals surface area contributed by atoms with Crippen molar-refractivity contribution in [1.29, 1.82) is 0 Å². The number of allylic oxidation sites excluding steroid dienone is 1. The van der Waals surface area contributed by atoms with E-state index >= 15 is 0 Å². The minimum absolute atomic E-state index is 0.406. The molecule has 4 heteroatoms. The summed E-state index contributed by atoms with van der Waals surface area (Å²) >= 11 is 1.59. The van der Waals surface area contributed by atoms with Gasteiger partial charge in [-0.1, -0.05) is 13.0 Å². The second kappa shape index (κ2) is 4.06. The number of carboxylic acid groups (broad SMARTS) is 1. The fourth-order valence-corrected chi connectivity index (χ4v) is 2.42. The Kier molecular flexibility index (Phi) is 2.77. The topological polar surface area (TPSA) is 40.5 Å². The third kappa shape index (κ3) is 2.04. The van der Waals surface area contributed by atoms with Crippen molar-refractivity contribution in [2.45, 2.75) is 13.3 Å². The Hall–Kier alpha value is -1.29. The van der Waals surface area contributed by atoms with Crippen LogP contribution in [-0.2, 0) is 0 Å². The van der Waals surface area contributed by atoms with Crippen LogP contribution in [0.25, 0.3) is 5.70 Å². The van der Waals surface area contributed by atoms with Crippen LogP contribution in [0.15, 0.2) is 22.9 Å². The number of carbonyl (C=O) groups is 1. The maximum Gasteiger partial charge on any atom is 0.411 e. The third-order valence-electron chi connectivity index (χ3n) is 2.55. The summed E-state index contributed by atoms with van der Waals surface area (Å²) in [5.74, 6) is 0.406. The van der Waals surface area contributed by atoms with Gasteiger partial charge in [0.05, 0.1) is 5.70 Å². The molecule has 0 aromatic carbocycles. The highest BCUT2D eigenvalue weighted by atomic mass is 32.1. The van der Waals surface area contributed by atoms with Crippen LogP contribution in [0, 0.1) is 5.92 Å². The van der Waals surface area contributed by atoms with Gasteiger partial charge in [0, 0.05) is 17.5 Å². The Balaban J connectivity index is 2.32. The van der Waals surface area contributed by atoms with Crippen molar-refractivity contribution in [3.8, 4) is 0 Å². The third-order valence-corrected chi connectivity index (χ3v) is 3.23. The average molecular weight is 223 g/mol. The van der Waals surface area contributed by atoms with Crippen molar-refractivity contribution >= 4 is 23.1 Å². The molecule has 1 atom stereocenters. The molecule has 2 rings (SSSR count). The molecule has 0 spiro atoms. The minimum Gasteiger partial charge on any atom is -0.465 e. The molecule has 1 amide bonds. The number of hydrogen-bond donors (Lipinski definition) is 1. The first-order chi connectivity index (χ1) is 7.18. The first kappa shape index (κ1) is 10.2. The highest BCUT2D eigenvalue weighted by Gasteiger charge is 2.24. The maximum absolute atomic E-state index is 11.1. The molecule has 1 unspecified atom stereocenters. The second-order valence-corrected chi connectivity index (χ2v) is 4.62. The van der Waals surface area contributed by atoms with Gasteiger partial charge in [-0.05, 0) is 23.8 Å². The van der Waals surface area contributed by atoms with E-state index < -0.39 is 6.09 Å². The maximum atomic E-state index is 11.1. The van der Waals surface area contributed by atoms with Crippen LogP contribution in [0.4, 0.5) is 4.79 Å². The van der Waals surface area contributed by atoms with E-state index in [4.69, 9.17) is 5.11 Å². The van der Waals surface area contributed by atoms with Gasteiger partial charge < -0.3 is 5.11 Å². The summed E-state index contributed by atoms with van der Waals surface area (Å²) in [5, 5.41) is 13.1. The molecule has 0 radical (unpaired) electrons. The van der Waals surface area contributed by atoms with Crippen LogP contribution in [-0.4, -0.2) is 22.6 Å². The molecule has 1 aromatic heterocycles. The Morgan fingerprint density at radius 3 is 3.07 bits per heavy atom. The minimum atomic E-state index is -0.862. The number of amides is 1. The molecule has 2 heterocycles. The summed E-state index contributed by atoms with van der Waals surface area (Å²) in [6.07, 6.45) is 2.11. The van der Waals surface area contributed by atoms with E-state index in [0.717, 1.165) is 17.7 Å². The average Bonchev–Trinajstić information content (AvgIpc) is 2.70.